The highest BCUT2D eigenvalue weighted by atomic mass is 35.5. The number of nitrogens with one attached hydrogen (secondary N) is 2. The number of anilines is 2. The molecule has 6 rings (SSSR count). The standard InChI is InChI=1S/C29H19ClF3N3O5S2/c30-15-9-10-19(41-13-20(37)34-16-6-4-5-14(11-16)29(31,32)33)18(12-15)21-22-24(42-25-23(21)43-28(40)35-25)27(39)36(26(22)38)17-7-2-1-3-8-17/h1-12,21-22,24H,13H2,(H,34,37)(H,35,40)/t21-,22?,24?/m1/s1. The molecule has 0 spiro atoms. The van der Waals surface area contributed by atoms with E-state index in [-0.39, 0.29) is 21.3 Å². The normalized spacial score (nSPS) is 19.6. The van der Waals surface area contributed by atoms with E-state index in [1.807, 2.05) is 0 Å². The van der Waals surface area contributed by atoms with Crippen LogP contribution in [0.5, 0.6) is 5.75 Å². The number of para-hydroxylation sites is 1. The number of rotatable bonds is 6. The van der Waals surface area contributed by atoms with Crippen LogP contribution < -0.4 is 19.8 Å². The number of amides is 3. The van der Waals surface area contributed by atoms with E-state index in [9.17, 15) is 32.3 Å². The monoisotopic (exact) mass is 645 g/mol. The van der Waals surface area contributed by atoms with E-state index < -0.39 is 53.2 Å². The Morgan fingerprint density at radius 1 is 1.00 bits per heavy atom. The fourth-order valence-corrected chi connectivity index (χ4v) is 7.88. The number of carbonyl (C=O) groups is 3. The molecular formula is C29H19ClF3N3O5S2. The van der Waals surface area contributed by atoms with Crippen molar-refractivity contribution in [2.45, 2.75) is 22.4 Å². The molecule has 2 unspecified atom stereocenters. The second-order valence-electron chi connectivity index (χ2n) is 9.69. The van der Waals surface area contributed by atoms with Crippen LogP contribution in [0.4, 0.5) is 24.5 Å². The number of aromatic amines is 1. The maximum atomic E-state index is 13.9. The summed E-state index contributed by atoms with van der Waals surface area (Å²) in [7, 11) is 0. The maximum absolute atomic E-state index is 13.9. The lowest BCUT2D eigenvalue weighted by Gasteiger charge is -2.31. The molecule has 2 aliphatic rings. The number of carbonyl (C=O) groups excluding carboxylic acids is 3. The van der Waals surface area contributed by atoms with Gasteiger partial charge in [0.05, 0.1) is 22.2 Å². The van der Waals surface area contributed by atoms with E-state index in [1.54, 1.807) is 36.4 Å². The molecule has 8 nitrogen and oxygen atoms in total. The van der Waals surface area contributed by atoms with Crippen molar-refractivity contribution in [3.63, 3.8) is 0 Å². The Morgan fingerprint density at radius 3 is 2.51 bits per heavy atom. The van der Waals surface area contributed by atoms with Gasteiger partial charge in [-0.1, -0.05) is 59.0 Å². The fourth-order valence-electron chi connectivity index (χ4n) is 5.19. The minimum Gasteiger partial charge on any atom is -0.483 e. The number of aromatic nitrogens is 1. The number of fused-ring (bicyclic) bond motifs is 2. The number of ether oxygens (including phenoxy) is 1. The highest BCUT2D eigenvalue weighted by molar-refractivity contribution is 8.00. The molecule has 1 fully saturated rings. The Kier molecular flexibility index (Phi) is 7.57. The first-order chi connectivity index (χ1) is 20.5. The van der Waals surface area contributed by atoms with Crippen molar-refractivity contribution in [1.82, 2.24) is 4.98 Å². The van der Waals surface area contributed by atoms with Gasteiger partial charge in [-0.15, -0.1) is 0 Å². The van der Waals surface area contributed by atoms with Crippen LogP contribution in [0.3, 0.4) is 0 Å². The van der Waals surface area contributed by atoms with Crippen LogP contribution in [0.25, 0.3) is 0 Å². The average Bonchev–Trinajstić information content (AvgIpc) is 3.46. The minimum atomic E-state index is -4.58. The molecule has 3 atom stereocenters. The summed E-state index contributed by atoms with van der Waals surface area (Å²) in [5, 5.41) is 2.26. The largest absolute Gasteiger partial charge is 0.483 e. The number of imide groups is 1. The molecule has 3 aromatic carbocycles. The predicted octanol–water partition coefficient (Wildman–Crippen LogP) is 5.92. The Bertz CT molecular complexity index is 1810. The lowest BCUT2D eigenvalue weighted by molar-refractivity contribution is -0.137. The number of thiazole rings is 1. The number of benzene rings is 3. The third-order valence-corrected chi connectivity index (χ3v) is 9.61. The maximum Gasteiger partial charge on any atom is 0.416 e. The number of nitrogens with zero attached hydrogens (tertiary/aromatic N) is 1. The summed E-state index contributed by atoms with van der Waals surface area (Å²) < 4.78 is 45.1. The molecule has 4 aromatic rings. The summed E-state index contributed by atoms with van der Waals surface area (Å²) in [6, 6.07) is 17.2. The van der Waals surface area contributed by atoms with Crippen LogP contribution in [-0.2, 0) is 20.6 Å². The van der Waals surface area contributed by atoms with Crippen molar-refractivity contribution in [2.24, 2.45) is 5.92 Å². The number of thioether (sulfide) groups is 1. The number of alkyl halides is 3. The SMILES string of the molecule is O=C(COc1ccc(Cl)cc1[C@H]1c2sc(=O)[nH]c2SC2C(=O)N(c3ccccc3)C(=O)C21)Nc1cccc(C(F)(F)F)c1. The first-order valence-corrected chi connectivity index (χ1v) is 14.8. The molecule has 2 N–H and O–H groups in total. The highest BCUT2D eigenvalue weighted by Crippen LogP contribution is 2.54. The van der Waals surface area contributed by atoms with Crippen LogP contribution in [-0.4, -0.2) is 34.6 Å². The topological polar surface area (TPSA) is 109 Å². The Morgan fingerprint density at radius 2 is 1.77 bits per heavy atom. The van der Waals surface area contributed by atoms with Crippen molar-refractivity contribution in [1.29, 1.82) is 0 Å². The van der Waals surface area contributed by atoms with Gasteiger partial charge in [0.15, 0.2) is 6.61 Å². The van der Waals surface area contributed by atoms with Crippen molar-refractivity contribution >= 4 is 63.8 Å². The van der Waals surface area contributed by atoms with Crippen LogP contribution in [0.15, 0.2) is 82.6 Å². The molecule has 3 heterocycles. The number of H-pyrrole nitrogens is 1. The van der Waals surface area contributed by atoms with Gasteiger partial charge >= 0.3 is 11.0 Å². The third kappa shape index (κ3) is 5.55. The Labute approximate surface area is 254 Å². The van der Waals surface area contributed by atoms with E-state index in [0.717, 1.165) is 40.1 Å². The first kappa shape index (κ1) is 29.0. The predicted molar refractivity (Wildman–Crippen MR) is 156 cm³/mol. The number of hydrogen-bond donors (Lipinski definition) is 2. The molecule has 0 saturated carbocycles. The summed E-state index contributed by atoms with van der Waals surface area (Å²) in [5.74, 6) is -3.21. The number of hydrogen-bond acceptors (Lipinski definition) is 7. The molecule has 2 aliphatic heterocycles. The zero-order chi connectivity index (χ0) is 30.5. The summed E-state index contributed by atoms with van der Waals surface area (Å²) in [5.41, 5.74) is -0.193. The van der Waals surface area contributed by atoms with E-state index in [2.05, 4.69) is 10.3 Å². The summed E-state index contributed by atoms with van der Waals surface area (Å²) >= 11 is 8.38. The quantitative estimate of drug-likeness (QED) is 0.252. The van der Waals surface area contributed by atoms with Gasteiger partial charge in [-0.3, -0.25) is 19.2 Å². The summed E-state index contributed by atoms with van der Waals surface area (Å²) in [6.45, 7) is -0.584. The highest BCUT2D eigenvalue weighted by Gasteiger charge is 2.56. The van der Waals surface area contributed by atoms with Crippen LogP contribution in [0.2, 0.25) is 5.02 Å². The Balaban J connectivity index is 1.32. The summed E-state index contributed by atoms with van der Waals surface area (Å²) in [4.78, 5) is 56.6. The molecular weight excluding hydrogens is 627 g/mol. The van der Waals surface area contributed by atoms with Crippen molar-refractivity contribution in [3.05, 3.63) is 103 Å². The zero-order valence-electron chi connectivity index (χ0n) is 21.7. The van der Waals surface area contributed by atoms with E-state index in [0.29, 0.717) is 21.2 Å². The van der Waals surface area contributed by atoms with Crippen LogP contribution >= 0.6 is 34.7 Å². The molecule has 220 valence electrons. The van der Waals surface area contributed by atoms with Gasteiger partial charge in [0.25, 0.3) is 5.91 Å². The molecule has 0 aliphatic carbocycles. The van der Waals surface area contributed by atoms with Gasteiger partial charge in [-0.05, 0) is 48.5 Å². The van der Waals surface area contributed by atoms with Gasteiger partial charge in [0, 0.05) is 27.1 Å². The van der Waals surface area contributed by atoms with E-state index in [1.165, 1.54) is 24.3 Å². The van der Waals surface area contributed by atoms with E-state index >= 15 is 0 Å². The van der Waals surface area contributed by atoms with Gasteiger partial charge in [0.2, 0.25) is 11.8 Å². The second-order valence-corrected chi connectivity index (χ2v) is 12.3. The number of halogens is 4. The van der Waals surface area contributed by atoms with E-state index in [4.69, 9.17) is 16.3 Å². The molecule has 1 aromatic heterocycles. The lowest BCUT2D eigenvalue weighted by atomic mass is 9.82. The Hall–Kier alpha value is -4.07. The molecule has 0 bridgehead atoms. The minimum absolute atomic E-state index is 0.0651. The smallest absolute Gasteiger partial charge is 0.416 e. The van der Waals surface area contributed by atoms with Gasteiger partial charge < -0.3 is 15.0 Å². The van der Waals surface area contributed by atoms with Gasteiger partial charge in [-0.2, -0.15) is 13.2 Å². The van der Waals surface area contributed by atoms with Gasteiger partial charge in [0.1, 0.15) is 11.0 Å². The zero-order valence-corrected chi connectivity index (χ0v) is 24.1. The first-order valence-electron chi connectivity index (χ1n) is 12.7. The molecule has 0 radical (unpaired) electrons. The van der Waals surface area contributed by atoms with Crippen molar-refractivity contribution < 1.29 is 32.3 Å². The van der Waals surface area contributed by atoms with Crippen molar-refractivity contribution in [3.8, 4) is 5.75 Å². The second kappa shape index (κ2) is 11.2. The van der Waals surface area contributed by atoms with Gasteiger partial charge in [-0.25, -0.2) is 4.90 Å². The summed E-state index contributed by atoms with van der Waals surface area (Å²) in [6.07, 6.45) is -4.58. The fraction of sp³-hybridized carbons (Fsp3) is 0.172. The average molecular weight is 646 g/mol. The van der Waals surface area contributed by atoms with Crippen LogP contribution in [0.1, 0.15) is 21.9 Å². The lowest BCUT2D eigenvalue weighted by Crippen LogP contribution is -2.32. The van der Waals surface area contributed by atoms with Crippen molar-refractivity contribution in [2.75, 3.05) is 16.8 Å². The molecule has 1 saturated heterocycles. The molecule has 3 amide bonds. The molecule has 14 heteroatoms. The van der Waals surface area contributed by atoms with Crippen LogP contribution in [0, 0.1) is 5.92 Å². The third-order valence-electron chi connectivity index (χ3n) is 6.98. The molecule has 43 heavy (non-hydrogen) atoms.